The minimum atomic E-state index is -2.33. The monoisotopic (exact) mass is 239 g/mol. The zero-order valence-corrected chi connectivity index (χ0v) is 10.1. The van der Waals surface area contributed by atoms with E-state index in [0.29, 0.717) is 5.56 Å². The number of hydrogen-bond acceptors (Lipinski definition) is 3. The van der Waals surface area contributed by atoms with Crippen LogP contribution in [0.15, 0.2) is 29.4 Å². The van der Waals surface area contributed by atoms with Crippen LogP contribution in [0.4, 0.5) is 0 Å². The molecule has 0 fully saturated rings. The molecule has 86 valence electrons. The van der Waals surface area contributed by atoms with Crippen molar-refractivity contribution in [3.05, 3.63) is 40.3 Å². The summed E-state index contributed by atoms with van der Waals surface area (Å²) >= 11 is 0. The quantitative estimate of drug-likeness (QED) is 0.378. The highest BCUT2D eigenvalue weighted by molar-refractivity contribution is 7.70. The van der Waals surface area contributed by atoms with Gasteiger partial charge in [0, 0.05) is 10.2 Å². The first-order valence-corrected chi connectivity index (χ1v) is 7.39. The molecule has 16 heavy (non-hydrogen) atoms. The third kappa shape index (κ3) is 3.11. The van der Waals surface area contributed by atoms with Crippen molar-refractivity contribution >= 4 is 12.4 Å². The minimum absolute atomic E-state index is 0.259. The lowest BCUT2D eigenvalue weighted by atomic mass is 10.1. The van der Waals surface area contributed by atoms with E-state index in [1.807, 2.05) is 0 Å². The molecule has 0 saturated carbocycles. The normalized spacial score (nSPS) is 12.9. The fourth-order valence-corrected chi connectivity index (χ4v) is 2.24. The van der Waals surface area contributed by atoms with E-state index in [1.54, 1.807) is 37.6 Å². The van der Waals surface area contributed by atoms with E-state index >= 15 is 0 Å². The van der Waals surface area contributed by atoms with Crippen LogP contribution in [0.3, 0.4) is 0 Å². The summed E-state index contributed by atoms with van der Waals surface area (Å²) in [6.07, 6.45) is 0. The van der Waals surface area contributed by atoms with Gasteiger partial charge in [-0.2, -0.15) is 0 Å². The van der Waals surface area contributed by atoms with Crippen LogP contribution in [0.2, 0.25) is 0 Å². The second-order valence-corrected chi connectivity index (χ2v) is 7.07. The van der Waals surface area contributed by atoms with Gasteiger partial charge in [0.2, 0.25) is 0 Å². The highest BCUT2D eigenvalue weighted by atomic mass is 31.2. The van der Waals surface area contributed by atoms with E-state index in [4.69, 9.17) is 10.6 Å². The SMILES string of the molecule is CP(C)(=O)c1cccc(C(CO)N=[N+]=[N-])c1. The Hall–Kier alpha value is -1.28. The summed E-state index contributed by atoms with van der Waals surface area (Å²) in [5, 5.41) is 13.3. The van der Waals surface area contributed by atoms with Crippen molar-refractivity contribution in [2.75, 3.05) is 19.9 Å². The van der Waals surface area contributed by atoms with Crippen LogP contribution in [-0.4, -0.2) is 25.0 Å². The molecule has 1 unspecified atom stereocenters. The molecule has 0 aliphatic heterocycles. The molecule has 0 aromatic heterocycles. The summed E-state index contributed by atoms with van der Waals surface area (Å²) in [6, 6.07) is 6.37. The molecule has 5 nitrogen and oxygen atoms in total. The van der Waals surface area contributed by atoms with Gasteiger partial charge in [0.05, 0.1) is 12.6 Å². The molecule has 0 saturated heterocycles. The molecule has 1 aromatic carbocycles. The van der Waals surface area contributed by atoms with Crippen molar-refractivity contribution < 1.29 is 9.67 Å². The summed E-state index contributed by atoms with van der Waals surface area (Å²) in [6.45, 7) is 3.09. The Morgan fingerprint density at radius 2 is 2.25 bits per heavy atom. The van der Waals surface area contributed by atoms with Gasteiger partial charge in [-0.25, -0.2) is 0 Å². The molecule has 1 N–H and O–H groups in total. The predicted molar refractivity (Wildman–Crippen MR) is 64.5 cm³/mol. The molecule has 0 aliphatic rings. The summed E-state index contributed by atoms with van der Waals surface area (Å²) in [7, 11) is -2.33. The Labute approximate surface area is 94.1 Å². The lowest BCUT2D eigenvalue weighted by molar-refractivity contribution is 0.268. The molecule has 0 amide bonds. The third-order valence-electron chi connectivity index (χ3n) is 2.24. The van der Waals surface area contributed by atoms with Crippen molar-refractivity contribution in [1.29, 1.82) is 0 Å². The van der Waals surface area contributed by atoms with Crippen molar-refractivity contribution in [3.8, 4) is 0 Å². The van der Waals surface area contributed by atoms with Gasteiger partial charge in [0.1, 0.15) is 7.14 Å². The smallest absolute Gasteiger partial charge is 0.109 e. The van der Waals surface area contributed by atoms with Gasteiger partial charge < -0.3 is 9.67 Å². The number of azide groups is 1. The van der Waals surface area contributed by atoms with Crippen molar-refractivity contribution in [2.45, 2.75) is 6.04 Å². The van der Waals surface area contributed by atoms with Crippen LogP contribution in [0.1, 0.15) is 11.6 Å². The van der Waals surface area contributed by atoms with E-state index < -0.39 is 13.2 Å². The summed E-state index contributed by atoms with van der Waals surface area (Å²) < 4.78 is 11.9. The van der Waals surface area contributed by atoms with E-state index in [9.17, 15) is 4.57 Å². The number of nitrogens with zero attached hydrogens (tertiary/aromatic N) is 3. The molecular formula is C10H14N3O2P. The molecular weight excluding hydrogens is 225 g/mol. The highest BCUT2D eigenvalue weighted by Crippen LogP contribution is 2.35. The Morgan fingerprint density at radius 1 is 1.56 bits per heavy atom. The summed E-state index contributed by atoms with van der Waals surface area (Å²) in [5.74, 6) is 0. The van der Waals surface area contributed by atoms with Crippen molar-refractivity contribution in [2.24, 2.45) is 5.11 Å². The zero-order valence-electron chi connectivity index (χ0n) is 9.24. The molecule has 0 bridgehead atoms. The molecule has 6 heteroatoms. The van der Waals surface area contributed by atoms with Crippen LogP contribution in [-0.2, 0) is 4.57 Å². The second-order valence-electron chi connectivity index (χ2n) is 3.85. The van der Waals surface area contributed by atoms with E-state index in [2.05, 4.69) is 10.0 Å². The first kappa shape index (κ1) is 12.8. The fourth-order valence-electron chi connectivity index (χ4n) is 1.34. The van der Waals surface area contributed by atoms with Crippen LogP contribution in [0, 0.1) is 0 Å². The van der Waals surface area contributed by atoms with Crippen molar-refractivity contribution in [3.63, 3.8) is 0 Å². The standard InChI is InChI=1S/C10H14N3O2P/c1-16(2,15)9-5-3-4-8(6-9)10(7-14)12-13-11/h3-6,10,14H,7H2,1-2H3. The summed E-state index contributed by atoms with van der Waals surface area (Å²) in [4.78, 5) is 2.67. The lowest BCUT2D eigenvalue weighted by Gasteiger charge is -2.12. The number of hydrogen-bond donors (Lipinski definition) is 1. The molecule has 0 spiro atoms. The van der Waals surface area contributed by atoms with Crippen LogP contribution in [0.5, 0.6) is 0 Å². The average Bonchev–Trinajstić information content (AvgIpc) is 2.25. The first-order valence-electron chi connectivity index (χ1n) is 4.79. The average molecular weight is 239 g/mol. The molecule has 1 atom stereocenters. The van der Waals surface area contributed by atoms with Gasteiger partial charge in [-0.05, 0) is 30.5 Å². The summed E-state index contributed by atoms with van der Waals surface area (Å²) in [5.41, 5.74) is 9.03. The van der Waals surface area contributed by atoms with Crippen LogP contribution >= 0.6 is 7.14 Å². The maximum atomic E-state index is 11.9. The number of aliphatic hydroxyl groups is 1. The number of rotatable bonds is 4. The predicted octanol–water partition coefficient (Wildman–Crippen LogP) is 2.28. The first-order chi connectivity index (χ1) is 7.49. The third-order valence-corrected chi connectivity index (χ3v) is 3.76. The Balaban J connectivity index is 3.16. The van der Waals surface area contributed by atoms with E-state index in [0.717, 1.165) is 5.30 Å². The van der Waals surface area contributed by atoms with Crippen LogP contribution < -0.4 is 5.30 Å². The Bertz CT molecular complexity index is 463. The maximum Gasteiger partial charge on any atom is 0.109 e. The second kappa shape index (κ2) is 5.17. The number of aliphatic hydroxyl groups excluding tert-OH is 1. The minimum Gasteiger partial charge on any atom is -0.396 e. The van der Waals surface area contributed by atoms with Gasteiger partial charge in [0.15, 0.2) is 0 Å². The molecule has 1 aromatic rings. The van der Waals surface area contributed by atoms with Crippen molar-refractivity contribution in [1.82, 2.24) is 0 Å². The maximum absolute atomic E-state index is 11.9. The van der Waals surface area contributed by atoms with Gasteiger partial charge in [-0.3, -0.25) is 0 Å². The Kier molecular flexibility index (Phi) is 4.13. The van der Waals surface area contributed by atoms with E-state index in [-0.39, 0.29) is 6.61 Å². The van der Waals surface area contributed by atoms with Gasteiger partial charge in [-0.1, -0.05) is 23.3 Å². The topological polar surface area (TPSA) is 86.1 Å². The van der Waals surface area contributed by atoms with Gasteiger partial charge in [-0.15, -0.1) is 0 Å². The molecule has 0 radical (unpaired) electrons. The molecule has 0 heterocycles. The van der Waals surface area contributed by atoms with Gasteiger partial charge in [0.25, 0.3) is 0 Å². The van der Waals surface area contributed by atoms with Gasteiger partial charge >= 0.3 is 0 Å². The fraction of sp³-hybridized carbons (Fsp3) is 0.400. The van der Waals surface area contributed by atoms with E-state index in [1.165, 1.54) is 0 Å². The molecule has 0 aliphatic carbocycles. The number of benzene rings is 1. The highest BCUT2D eigenvalue weighted by Gasteiger charge is 2.14. The Morgan fingerprint density at radius 3 is 2.75 bits per heavy atom. The van der Waals surface area contributed by atoms with Crippen LogP contribution in [0.25, 0.3) is 10.4 Å². The molecule has 1 rings (SSSR count). The lowest BCUT2D eigenvalue weighted by Crippen LogP contribution is -2.07. The largest absolute Gasteiger partial charge is 0.396 e. The zero-order chi connectivity index (χ0) is 12.2.